The highest BCUT2D eigenvalue weighted by Gasteiger charge is 2.22. The highest BCUT2D eigenvalue weighted by Crippen LogP contribution is 2.17. The molecule has 0 fully saturated rings. The predicted octanol–water partition coefficient (Wildman–Crippen LogP) is 1.00. The Balaban J connectivity index is 2.81. The van der Waals surface area contributed by atoms with Gasteiger partial charge < -0.3 is 14.8 Å². The van der Waals surface area contributed by atoms with E-state index in [0.29, 0.717) is 5.76 Å². The van der Waals surface area contributed by atoms with Gasteiger partial charge in [-0.2, -0.15) is 0 Å². The number of amides is 1. The average Bonchev–Trinajstić information content (AvgIpc) is 2.65. The van der Waals surface area contributed by atoms with Crippen molar-refractivity contribution in [2.45, 2.75) is 32.7 Å². The van der Waals surface area contributed by atoms with E-state index in [4.69, 9.17) is 9.52 Å². The molecule has 0 aromatic carbocycles. The van der Waals surface area contributed by atoms with Gasteiger partial charge in [0.2, 0.25) is 0 Å². The second kappa shape index (κ2) is 4.78. The Hall–Kier alpha value is -1.85. The molecule has 1 aromatic rings. The Labute approximate surface area is 92.7 Å². The van der Waals surface area contributed by atoms with Gasteiger partial charge in [0.25, 0.3) is 5.91 Å². The van der Waals surface area contributed by atoms with Gasteiger partial charge in [0.1, 0.15) is 11.8 Å². The van der Waals surface area contributed by atoms with Crippen molar-refractivity contribution in [2.75, 3.05) is 0 Å². The lowest BCUT2D eigenvalue weighted by Gasteiger charge is -2.09. The molecule has 1 rings (SSSR count). The van der Waals surface area contributed by atoms with Gasteiger partial charge in [-0.05, 0) is 6.92 Å². The molecule has 0 saturated carbocycles. The zero-order valence-electron chi connectivity index (χ0n) is 9.35. The van der Waals surface area contributed by atoms with Gasteiger partial charge in [-0.1, -0.05) is 13.8 Å². The van der Waals surface area contributed by atoms with Crippen molar-refractivity contribution in [3.63, 3.8) is 0 Å². The van der Waals surface area contributed by atoms with Crippen molar-refractivity contribution in [1.29, 1.82) is 0 Å². The number of hydrogen-bond acceptors (Lipinski definition) is 4. The van der Waals surface area contributed by atoms with Crippen LogP contribution in [0.2, 0.25) is 0 Å². The first-order valence-electron chi connectivity index (χ1n) is 4.90. The number of carbonyl (C=O) groups is 2. The summed E-state index contributed by atoms with van der Waals surface area (Å²) >= 11 is 0. The summed E-state index contributed by atoms with van der Waals surface area (Å²) in [6, 6.07) is -0.954. The molecule has 1 atom stereocenters. The number of carboxylic acid groups (broad SMARTS) is 1. The number of oxazole rings is 1. The number of aromatic nitrogens is 1. The van der Waals surface area contributed by atoms with Crippen LogP contribution in [0.5, 0.6) is 0 Å². The molecule has 6 nitrogen and oxygen atoms in total. The third kappa shape index (κ3) is 2.59. The Morgan fingerprint density at radius 2 is 2.06 bits per heavy atom. The summed E-state index contributed by atoms with van der Waals surface area (Å²) in [5, 5.41) is 11.0. The van der Waals surface area contributed by atoms with E-state index in [1.807, 2.05) is 13.8 Å². The summed E-state index contributed by atoms with van der Waals surface area (Å²) in [4.78, 5) is 26.0. The highest BCUT2D eigenvalue weighted by molar-refractivity contribution is 5.95. The van der Waals surface area contributed by atoms with E-state index in [0.717, 1.165) is 0 Å². The fourth-order valence-corrected chi connectivity index (χ4v) is 1.16. The molecule has 1 heterocycles. The molecule has 1 aromatic heterocycles. The number of aliphatic carboxylic acids is 1. The summed E-state index contributed by atoms with van der Waals surface area (Å²) < 4.78 is 5.07. The van der Waals surface area contributed by atoms with E-state index < -0.39 is 17.9 Å². The van der Waals surface area contributed by atoms with Crippen LogP contribution in [0.1, 0.15) is 42.9 Å². The zero-order valence-corrected chi connectivity index (χ0v) is 9.35. The summed E-state index contributed by atoms with van der Waals surface area (Å²) in [6.45, 7) is 5.10. The van der Waals surface area contributed by atoms with E-state index >= 15 is 0 Å². The van der Waals surface area contributed by atoms with E-state index in [1.54, 1.807) is 0 Å². The molecule has 6 heteroatoms. The maximum Gasteiger partial charge on any atom is 0.325 e. The van der Waals surface area contributed by atoms with Gasteiger partial charge >= 0.3 is 5.97 Å². The summed E-state index contributed by atoms with van der Waals surface area (Å²) in [6.07, 6.45) is 1.18. The van der Waals surface area contributed by atoms with Crippen LogP contribution < -0.4 is 5.32 Å². The lowest BCUT2D eigenvalue weighted by atomic mass is 10.1. The summed E-state index contributed by atoms with van der Waals surface area (Å²) in [5.74, 6) is -1.16. The van der Waals surface area contributed by atoms with E-state index in [2.05, 4.69) is 10.3 Å². The molecule has 0 aliphatic heterocycles. The first-order valence-corrected chi connectivity index (χ1v) is 4.90. The Morgan fingerprint density at radius 3 is 2.56 bits per heavy atom. The van der Waals surface area contributed by atoms with Crippen LogP contribution in [0.15, 0.2) is 10.8 Å². The minimum atomic E-state index is -1.09. The van der Waals surface area contributed by atoms with Crippen LogP contribution in [0.3, 0.4) is 0 Å². The number of carbonyl (C=O) groups excluding carboxylic acids is 1. The molecule has 0 spiro atoms. The number of nitrogens with one attached hydrogen (secondary N) is 1. The van der Waals surface area contributed by atoms with Crippen molar-refractivity contribution in [3.8, 4) is 0 Å². The van der Waals surface area contributed by atoms with Crippen LogP contribution in [0.4, 0.5) is 0 Å². The fraction of sp³-hybridized carbons (Fsp3) is 0.500. The van der Waals surface area contributed by atoms with Crippen LogP contribution in [-0.4, -0.2) is 28.0 Å². The molecule has 1 amide bonds. The first kappa shape index (κ1) is 12.2. The second-order valence-corrected chi connectivity index (χ2v) is 3.75. The van der Waals surface area contributed by atoms with Crippen molar-refractivity contribution in [1.82, 2.24) is 10.3 Å². The molecule has 0 saturated heterocycles. The topological polar surface area (TPSA) is 92.4 Å². The van der Waals surface area contributed by atoms with Crippen LogP contribution in [0, 0.1) is 0 Å². The van der Waals surface area contributed by atoms with Gasteiger partial charge in [-0.3, -0.25) is 9.59 Å². The lowest BCUT2D eigenvalue weighted by molar-refractivity contribution is -0.138. The lowest BCUT2D eigenvalue weighted by Crippen LogP contribution is -2.38. The predicted molar refractivity (Wildman–Crippen MR) is 55.2 cm³/mol. The first-order chi connectivity index (χ1) is 7.43. The minimum Gasteiger partial charge on any atom is -0.480 e. The Morgan fingerprint density at radius 1 is 1.44 bits per heavy atom. The second-order valence-electron chi connectivity index (χ2n) is 3.75. The van der Waals surface area contributed by atoms with Crippen LogP contribution >= 0.6 is 0 Å². The Kier molecular flexibility index (Phi) is 3.65. The molecule has 2 N–H and O–H groups in total. The van der Waals surface area contributed by atoms with Crippen molar-refractivity contribution < 1.29 is 19.1 Å². The van der Waals surface area contributed by atoms with E-state index in [-0.39, 0.29) is 11.6 Å². The molecule has 0 aliphatic rings. The third-order valence-corrected chi connectivity index (χ3v) is 2.05. The van der Waals surface area contributed by atoms with Crippen molar-refractivity contribution in [2.24, 2.45) is 0 Å². The zero-order chi connectivity index (χ0) is 12.3. The minimum absolute atomic E-state index is 0.0170. The molecule has 0 radical (unpaired) electrons. The maximum atomic E-state index is 11.6. The standard InChI is InChI=1S/C10H14N2O4/c1-5(2)8-7(11-4-16-8)9(13)12-6(3)10(14)15/h4-6H,1-3H3,(H,12,13)(H,14,15). The van der Waals surface area contributed by atoms with Gasteiger partial charge in [-0.25, -0.2) is 4.98 Å². The quantitative estimate of drug-likeness (QED) is 0.799. The molecule has 88 valence electrons. The van der Waals surface area contributed by atoms with Gasteiger partial charge in [0.05, 0.1) is 0 Å². The third-order valence-electron chi connectivity index (χ3n) is 2.05. The number of carboxylic acids is 1. The van der Waals surface area contributed by atoms with Crippen LogP contribution in [0.25, 0.3) is 0 Å². The monoisotopic (exact) mass is 226 g/mol. The molecular weight excluding hydrogens is 212 g/mol. The van der Waals surface area contributed by atoms with Crippen molar-refractivity contribution >= 4 is 11.9 Å². The summed E-state index contributed by atoms with van der Waals surface area (Å²) in [5.41, 5.74) is 0.142. The smallest absolute Gasteiger partial charge is 0.325 e. The Bertz CT molecular complexity index is 397. The van der Waals surface area contributed by atoms with Gasteiger partial charge in [0.15, 0.2) is 12.1 Å². The van der Waals surface area contributed by atoms with Gasteiger partial charge in [0, 0.05) is 5.92 Å². The largest absolute Gasteiger partial charge is 0.480 e. The van der Waals surface area contributed by atoms with Crippen molar-refractivity contribution in [3.05, 3.63) is 17.8 Å². The number of hydrogen-bond donors (Lipinski definition) is 2. The maximum absolute atomic E-state index is 11.6. The van der Waals surface area contributed by atoms with Gasteiger partial charge in [-0.15, -0.1) is 0 Å². The highest BCUT2D eigenvalue weighted by atomic mass is 16.4. The molecule has 1 unspecified atom stereocenters. The van der Waals surface area contributed by atoms with Crippen LogP contribution in [-0.2, 0) is 4.79 Å². The average molecular weight is 226 g/mol. The van der Waals surface area contributed by atoms with E-state index in [1.165, 1.54) is 13.3 Å². The summed E-state index contributed by atoms with van der Waals surface area (Å²) in [7, 11) is 0. The molecule has 0 aliphatic carbocycles. The molecular formula is C10H14N2O4. The normalized spacial score (nSPS) is 12.5. The number of rotatable bonds is 4. The molecule has 16 heavy (non-hydrogen) atoms. The SMILES string of the molecule is CC(NC(=O)c1ncoc1C(C)C)C(=O)O. The molecule has 0 bridgehead atoms. The van der Waals surface area contributed by atoms with E-state index in [9.17, 15) is 9.59 Å². The number of nitrogens with zero attached hydrogens (tertiary/aromatic N) is 1. The fourth-order valence-electron chi connectivity index (χ4n) is 1.16.